The van der Waals surface area contributed by atoms with Crippen molar-refractivity contribution in [3.8, 4) is 0 Å². The average Bonchev–Trinajstić information content (AvgIpc) is 3.50. The average molecular weight is 459 g/mol. The Morgan fingerprint density at radius 3 is 1.50 bits per heavy atom. The van der Waals surface area contributed by atoms with Gasteiger partial charge in [-0.1, -0.05) is 0 Å². The van der Waals surface area contributed by atoms with E-state index < -0.39 is 20.0 Å². The summed E-state index contributed by atoms with van der Waals surface area (Å²) in [5.41, 5.74) is 0. The second-order valence-electron chi connectivity index (χ2n) is 8.32. The molecule has 4 heterocycles. The van der Waals surface area contributed by atoms with Crippen LogP contribution in [0, 0.1) is 0 Å². The molecule has 1 aromatic heterocycles. The number of likely N-dealkylation sites (tertiary alicyclic amines) is 1. The van der Waals surface area contributed by atoms with E-state index in [0.717, 1.165) is 44.9 Å². The number of carbonyl (C=O) groups excluding carboxylic acids is 1. The van der Waals surface area contributed by atoms with E-state index >= 15 is 0 Å². The zero-order chi connectivity index (χ0) is 21.4. The Bertz CT molecular complexity index is 921. The molecule has 168 valence electrons. The molecule has 0 aromatic carbocycles. The van der Waals surface area contributed by atoms with Gasteiger partial charge in [0, 0.05) is 51.7 Å². The van der Waals surface area contributed by atoms with Crippen molar-refractivity contribution in [1.82, 2.24) is 18.1 Å². The van der Waals surface area contributed by atoms with Gasteiger partial charge in [-0.2, -0.15) is 8.61 Å². The van der Waals surface area contributed by atoms with Gasteiger partial charge in [0.05, 0.1) is 0 Å². The quantitative estimate of drug-likeness (QED) is 0.635. The second-order valence-corrected chi connectivity index (χ2v) is 12.1. The monoisotopic (exact) mass is 458 g/mol. The van der Waals surface area contributed by atoms with Crippen molar-refractivity contribution in [2.75, 3.05) is 39.3 Å². The third-order valence-electron chi connectivity index (χ3n) is 6.20. The minimum Gasteiger partial charge on any atom is -0.342 e. The van der Waals surface area contributed by atoms with Crippen LogP contribution in [0.3, 0.4) is 0 Å². The molecule has 0 atom stereocenters. The van der Waals surface area contributed by atoms with E-state index in [-0.39, 0.29) is 22.2 Å². The zero-order valence-electron chi connectivity index (χ0n) is 17.2. The van der Waals surface area contributed by atoms with Crippen molar-refractivity contribution in [2.45, 2.75) is 61.3 Å². The third kappa shape index (κ3) is 4.17. The Hall–Kier alpha value is -1.43. The van der Waals surface area contributed by atoms with Gasteiger partial charge < -0.3 is 9.47 Å². The van der Waals surface area contributed by atoms with Crippen molar-refractivity contribution in [2.24, 2.45) is 0 Å². The lowest BCUT2D eigenvalue weighted by atomic mass is 10.1. The lowest BCUT2D eigenvalue weighted by Crippen LogP contribution is -2.37. The van der Waals surface area contributed by atoms with Crippen molar-refractivity contribution >= 4 is 26.0 Å². The highest BCUT2D eigenvalue weighted by molar-refractivity contribution is 7.92. The molecule has 4 rings (SSSR count). The molecule has 1 aromatic rings. The van der Waals surface area contributed by atoms with Gasteiger partial charge in [0.2, 0.25) is 26.0 Å². The number of nitrogens with zero attached hydrogens (tertiary/aromatic N) is 4. The summed E-state index contributed by atoms with van der Waals surface area (Å²) >= 11 is 0. The van der Waals surface area contributed by atoms with Gasteiger partial charge in [0.15, 0.2) is 0 Å². The Balaban J connectivity index is 1.69. The standard InChI is InChI=1S/C19H30N4O5S2/c24-19(21-8-2-1-3-9-21)16-20-14-17(29(25,26)22-10-4-5-11-22)18(15-20)30(27,28)23-12-6-7-13-23/h14-15H,1-13,16H2. The molecule has 0 saturated carbocycles. The number of piperidine rings is 1. The summed E-state index contributed by atoms with van der Waals surface area (Å²) in [6, 6.07) is 0. The van der Waals surface area contributed by atoms with Crippen LogP contribution in [0.5, 0.6) is 0 Å². The van der Waals surface area contributed by atoms with Crippen LogP contribution in [0.2, 0.25) is 0 Å². The van der Waals surface area contributed by atoms with Gasteiger partial charge in [-0.25, -0.2) is 16.8 Å². The van der Waals surface area contributed by atoms with E-state index in [1.807, 2.05) is 0 Å². The molecule has 0 spiro atoms. The molecule has 9 nitrogen and oxygen atoms in total. The topological polar surface area (TPSA) is 100 Å². The van der Waals surface area contributed by atoms with E-state index in [2.05, 4.69) is 0 Å². The third-order valence-corrected chi connectivity index (χ3v) is 10.2. The molecule has 1 amide bonds. The molecule has 0 unspecified atom stereocenters. The second kappa shape index (κ2) is 8.60. The number of sulfonamides is 2. The molecule has 3 saturated heterocycles. The number of rotatable bonds is 6. The van der Waals surface area contributed by atoms with Gasteiger partial charge in [-0.3, -0.25) is 4.79 Å². The van der Waals surface area contributed by atoms with Gasteiger partial charge in [-0.15, -0.1) is 0 Å². The van der Waals surface area contributed by atoms with Crippen LogP contribution in [0.15, 0.2) is 22.2 Å². The van der Waals surface area contributed by atoms with Crippen LogP contribution in [0.25, 0.3) is 0 Å². The molecule has 3 aliphatic heterocycles. The van der Waals surface area contributed by atoms with Crippen LogP contribution in [-0.4, -0.2) is 80.1 Å². The summed E-state index contributed by atoms with van der Waals surface area (Å²) in [6.07, 6.45) is 8.74. The molecule has 3 aliphatic rings. The highest BCUT2D eigenvalue weighted by atomic mass is 32.2. The SMILES string of the molecule is O=C(Cn1cc(S(=O)(=O)N2CCCC2)c(S(=O)(=O)N2CCCC2)c1)N1CCCCC1. The van der Waals surface area contributed by atoms with Crippen LogP contribution >= 0.6 is 0 Å². The van der Waals surface area contributed by atoms with Crippen LogP contribution in [0.1, 0.15) is 44.9 Å². The van der Waals surface area contributed by atoms with Gasteiger partial charge in [0.1, 0.15) is 16.3 Å². The summed E-state index contributed by atoms with van der Waals surface area (Å²) in [7, 11) is -7.88. The van der Waals surface area contributed by atoms with Gasteiger partial charge in [-0.05, 0) is 44.9 Å². The largest absolute Gasteiger partial charge is 0.342 e. The van der Waals surface area contributed by atoms with Crippen LogP contribution in [-0.2, 0) is 31.4 Å². The molecule has 0 aliphatic carbocycles. The summed E-state index contributed by atoms with van der Waals surface area (Å²) in [5, 5.41) is 0. The molecular formula is C19H30N4O5S2. The Morgan fingerprint density at radius 1 is 0.667 bits per heavy atom. The minimum atomic E-state index is -3.94. The maximum Gasteiger partial charge on any atom is 0.245 e. The first kappa shape index (κ1) is 21.8. The molecule has 3 fully saturated rings. The molecule has 0 radical (unpaired) electrons. The van der Waals surface area contributed by atoms with E-state index in [1.165, 1.54) is 25.6 Å². The highest BCUT2D eigenvalue weighted by Gasteiger charge is 2.38. The molecular weight excluding hydrogens is 428 g/mol. The van der Waals surface area contributed by atoms with Crippen LogP contribution < -0.4 is 0 Å². The normalized spacial score (nSPS) is 22.1. The van der Waals surface area contributed by atoms with Crippen molar-refractivity contribution in [3.05, 3.63) is 12.4 Å². The predicted octanol–water partition coefficient (Wildman–Crippen LogP) is 1.07. The van der Waals surface area contributed by atoms with Crippen LogP contribution in [0.4, 0.5) is 0 Å². The first-order chi connectivity index (χ1) is 14.3. The first-order valence-electron chi connectivity index (χ1n) is 10.8. The number of hydrogen-bond acceptors (Lipinski definition) is 5. The van der Waals surface area contributed by atoms with Gasteiger partial charge in [0.25, 0.3) is 0 Å². The number of carbonyl (C=O) groups is 1. The fourth-order valence-corrected chi connectivity index (χ4v) is 8.30. The first-order valence-corrected chi connectivity index (χ1v) is 13.7. The lowest BCUT2D eigenvalue weighted by Gasteiger charge is -2.26. The van der Waals surface area contributed by atoms with Crippen molar-refractivity contribution in [3.63, 3.8) is 0 Å². The van der Waals surface area contributed by atoms with Crippen molar-refractivity contribution in [1.29, 1.82) is 0 Å². The Kier molecular flexibility index (Phi) is 6.25. The fourth-order valence-electron chi connectivity index (χ4n) is 4.48. The Labute approximate surface area is 178 Å². The van der Waals surface area contributed by atoms with E-state index in [0.29, 0.717) is 39.3 Å². The van der Waals surface area contributed by atoms with E-state index in [1.54, 1.807) is 4.90 Å². The minimum absolute atomic E-state index is 0.0575. The predicted molar refractivity (Wildman–Crippen MR) is 111 cm³/mol. The molecule has 11 heteroatoms. The summed E-state index contributed by atoms with van der Waals surface area (Å²) < 4.78 is 57.1. The maximum atomic E-state index is 13.3. The summed E-state index contributed by atoms with van der Waals surface area (Å²) in [5.74, 6) is -0.111. The Morgan fingerprint density at radius 2 is 1.07 bits per heavy atom. The number of aromatic nitrogens is 1. The van der Waals surface area contributed by atoms with E-state index in [4.69, 9.17) is 0 Å². The number of hydrogen-bond donors (Lipinski definition) is 0. The van der Waals surface area contributed by atoms with E-state index in [9.17, 15) is 21.6 Å². The zero-order valence-corrected chi connectivity index (χ0v) is 18.8. The smallest absolute Gasteiger partial charge is 0.245 e. The maximum absolute atomic E-state index is 13.3. The van der Waals surface area contributed by atoms with Gasteiger partial charge >= 0.3 is 0 Å². The molecule has 0 bridgehead atoms. The summed E-state index contributed by atoms with van der Waals surface area (Å²) in [4.78, 5) is 14.0. The number of amides is 1. The lowest BCUT2D eigenvalue weighted by molar-refractivity contribution is -0.132. The van der Waals surface area contributed by atoms with Crippen molar-refractivity contribution < 1.29 is 21.6 Å². The molecule has 0 N–H and O–H groups in total. The molecule has 30 heavy (non-hydrogen) atoms. The highest BCUT2D eigenvalue weighted by Crippen LogP contribution is 2.31. The fraction of sp³-hybridized carbons (Fsp3) is 0.737. The summed E-state index contributed by atoms with van der Waals surface area (Å²) in [6.45, 7) is 2.90.